The topological polar surface area (TPSA) is 0 Å². The second-order valence-electron chi connectivity index (χ2n) is 7.57. The van der Waals surface area contributed by atoms with E-state index < -0.39 is 0 Å². The van der Waals surface area contributed by atoms with Gasteiger partial charge in [-0.05, 0) is 17.5 Å². The number of rotatable bonds is 5. The van der Waals surface area contributed by atoms with Gasteiger partial charge in [-0.25, -0.2) is 0 Å². The Balaban J connectivity index is 0.00000156. The molecule has 1 nitrogen and oxygen atoms in total. The van der Waals surface area contributed by atoms with Crippen LogP contribution in [0.5, 0.6) is 0 Å². The average molecular weight is 419 g/mol. The maximum absolute atomic E-state index is 2.31. The third kappa shape index (κ3) is 3.63. The van der Waals surface area contributed by atoms with Crippen molar-refractivity contribution in [1.29, 1.82) is 0 Å². The van der Waals surface area contributed by atoms with Crippen LogP contribution in [0.15, 0.2) is 60.7 Å². The van der Waals surface area contributed by atoms with Crippen LogP contribution in [0.25, 0.3) is 0 Å². The first kappa shape index (κ1) is 17.0. The van der Waals surface area contributed by atoms with Crippen LogP contribution in [-0.2, 0) is 12.8 Å². The van der Waals surface area contributed by atoms with E-state index in [9.17, 15) is 0 Å². The number of benzene rings is 2. The van der Waals surface area contributed by atoms with Crippen molar-refractivity contribution in [3.05, 3.63) is 71.8 Å². The lowest BCUT2D eigenvalue weighted by atomic mass is 9.79. The van der Waals surface area contributed by atoms with Crippen molar-refractivity contribution in [3.63, 3.8) is 0 Å². The van der Waals surface area contributed by atoms with Gasteiger partial charge in [0.05, 0.1) is 26.2 Å². The van der Waals surface area contributed by atoms with Gasteiger partial charge in [-0.1, -0.05) is 60.7 Å². The Morgan fingerprint density at radius 3 is 1.96 bits per heavy atom. The van der Waals surface area contributed by atoms with E-state index in [4.69, 9.17) is 0 Å². The third-order valence-electron chi connectivity index (χ3n) is 6.04. The molecule has 2 aliphatic rings. The fraction of sp³-hybridized carbons (Fsp3) is 0.429. The minimum absolute atomic E-state index is 0. The summed E-state index contributed by atoms with van der Waals surface area (Å²) in [5.74, 6) is 0. The minimum Gasteiger partial charge on any atom is -1.00 e. The van der Waals surface area contributed by atoms with Crippen molar-refractivity contribution in [1.82, 2.24) is 0 Å². The molecule has 23 heavy (non-hydrogen) atoms. The Hall–Kier alpha value is -0.870. The second kappa shape index (κ2) is 6.94. The second-order valence-corrected chi connectivity index (χ2v) is 7.57. The summed E-state index contributed by atoms with van der Waals surface area (Å²) in [6.45, 7) is 5.55. The number of nitrogens with zero attached hydrogens (tertiary/aromatic N) is 1. The Bertz CT molecular complexity index is 615. The zero-order valence-corrected chi connectivity index (χ0v) is 15.9. The number of hydrogen-bond acceptors (Lipinski definition) is 0. The van der Waals surface area contributed by atoms with Crippen LogP contribution < -0.4 is 24.0 Å². The zero-order chi connectivity index (χ0) is 14.9. The molecule has 0 saturated carbocycles. The number of quaternary nitrogens is 1. The highest BCUT2D eigenvalue weighted by Crippen LogP contribution is 2.47. The van der Waals surface area contributed by atoms with E-state index in [0.717, 1.165) is 0 Å². The van der Waals surface area contributed by atoms with Crippen LogP contribution in [0.4, 0.5) is 0 Å². The van der Waals surface area contributed by atoms with Gasteiger partial charge < -0.3 is 28.5 Å². The van der Waals surface area contributed by atoms with Gasteiger partial charge in [-0.15, -0.1) is 0 Å². The quantitative estimate of drug-likeness (QED) is 0.503. The molecule has 2 aromatic carbocycles. The standard InChI is InChI=1S/C21H26N.HI/c1-3-7-19(8-4-1)11-14-22-15-12-21(18-22,13-16-22)17-20-9-5-2-6-10-20;/h1-10H,11-18H2;1H/q+1;/p-1. The molecule has 2 saturated heterocycles. The summed E-state index contributed by atoms with van der Waals surface area (Å²) in [5.41, 5.74) is 3.63. The summed E-state index contributed by atoms with van der Waals surface area (Å²) < 4.78 is 1.38. The molecule has 2 fully saturated rings. The Morgan fingerprint density at radius 2 is 1.35 bits per heavy atom. The monoisotopic (exact) mass is 419 g/mol. The molecule has 122 valence electrons. The third-order valence-corrected chi connectivity index (χ3v) is 6.04. The SMILES string of the molecule is [I-].c1ccc(CC[N+]23CCC(Cc4ccccc4)(CC2)C3)cc1. The molecule has 0 aromatic heterocycles. The van der Waals surface area contributed by atoms with Crippen LogP contribution in [0, 0.1) is 5.41 Å². The van der Waals surface area contributed by atoms with E-state index in [-0.39, 0.29) is 24.0 Å². The van der Waals surface area contributed by atoms with Crippen molar-refractivity contribution < 1.29 is 28.5 Å². The van der Waals surface area contributed by atoms with Gasteiger partial charge in [-0.3, -0.25) is 0 Å². The molecule has 0 radical (unpaired) electrons. The highest BCUT2D eigenvalue weighted by atomic mass is 127. The smallest absolute Gasteiger partial charge is 0.0851 e. The van der Waals surface area contributed by atoms with E-state index in [1.165, 1.54) is 67.5 Å². The summed E-state index contributed by atoms with van der Waals surface area (Å²) >= 11 is 0. The molecule has 0 atom stereocenters. The first-order chi connectivity index (χ1) is 10.8. The lowest BCUT2D eigenvalue weighted by Crippen LogP contribution is -3.00. The highest BCUT2D eigenvalue weighted by Gasteiger charge is 2.54. The van der Waals surface area contributed by atoms with Crippen LogP contribution >= 0.6 is 0 Å². The number of halogens is 1. The molecule has 2 heteroatoms. The predicted molar refractivity (Wildman–Crippen MR) is 91.7 cm³/mol. The Kier molecular flexibility index (Phi) is 5.12. The van der Waals surface area contributed by atoms with E-state index in [1.54, 1.807) is 0 Å². The Labute approximate surface area is 157 Å². The van der Waals surface area contributed by atoms with Crippen molar-refractivity contribution in [2.75, 3.05) is 26.2 Å². The molecule has 2 aromatic rings. The maximum Gasteiger partial charge on any atom is 0.0851 e. The van der Waals surface area contributed by atoms with Gasteiger partial charge in [0.25, 0.3) is 0 Å². The Morgan fingerprint density at radius 1 is 0.783 bits per heavy atom. The molecule has 0 amide bonds. The molecule has 0 spiro atoms. The molecular weight excluding hydrogens is 393 g/mol. The fourth-order valence-electron chi connectivity index (χ4n) is 4.79. The number of piperidine rings is 1. The molecule has 2 bridgehead atoms. The van der Waals surface area contributed by atoms with Crippen molar-refractivity contribution in [2.24, 2.45) is 5.41 Å². The van der Waals surface area contributed by atoms with Crippen LogP contribution in [0.1, 0.15) is 24.0 Å². The summed E-state index contributed by atoms with van der Waals surface area (Å²) in [6.07, 6.45) is 5.38. The van der Waals surface area contributed by atoms with E-state index in [0.29, 0.717) is 5.41 Å². The minimum atomic E-state index is 0. The van der Waals surface area contributed by atoms with E-state index in [1.807, 2.05) is 0 Å². The lowest BCUT2D eigenvalue weighted by Gasteiger charge is -2.31. The summed E-state index contributed by atoms with van der Waals surface area (Å²) in [5, 5.41) is 0. The van der Waals surface area contributed by atoms with Crippen LogP contribution in [0.2, 0.25) is 0 Å². The zero-order valence-electron chi connectivity index (χ0n) is 13.8. The molecule has 2 aliphatic heterocycles. The fourth-order valence-corrected chi connectivity index (χ4v) is 4.79. The number of fused-ring (bicyclic) bond motifs is 2. The van der Waals surface area contributed by atoms with Gasteiger partial charge in [0, 0.05) is 24.7 Å². The first-order valence-corrected chi connectivity index (χ1v) is 8.71. The van der Waals surface area contributed by atoms with Crippen molar-refractivity contribution in [2.45, 2.75) is 25.7 Å². The summed E-state index contributed by atoms with van der Waals surface area (Å²) in [7, 11) is 0. The summed E-state index contributed by atoms with van der Waals surface area (Å²) in [4.78, 5) is 0. The molecular formula is C21H26IN. The average Bonchev–Trinajstić information content (AvgIpc) is 3.11. The number of hydrogen-bond donors (Lipinski definition) is 0. The van der Waals surface area contributed by atoms with E-state index in [2.05, 4.69) is 60.7 Å². The molecule has 0 aliphatic carbocycles. The predicted octanol–water partition coefficient (Wildman–Crippen LogP) is 1.09. The van der Waals surface area contributed by atoms with Crippen molar-refractivity contribution >= 4 is 0 Å². The van der Waals surface area contributed by atoms with Gasteiger partial charge in [0.15, 0.2) is 0 Å². The maximum atomic E-state index is 2.31. The first-order valence-electron chi connectivity index (χ1n) is 8.71. The van der Waals surface area contributed by atoms with Crippen molar-refractivity contribution in [3.8, 4) is 0 Å². The molecule has 2 heterocycles. The van der Waals surface area contributed by atoms with E-state index >= 15 is 0 Å². The lowest BCUT2D eigenvalue weighted by molar-refractivity contribution is -0.909. The molecule has 4 rings (SSSR count). The van der Waals surface area contributed by atoms with Gasteiger partial charge >= 0.3 is 0 Å². The largest absolute Gasteiger partial charge is 1.00 e. The molecule has 0 N–H and O–H groups in total. The molecule has 0 unspecified atom stereocenters. The summed E-state index contributed by atoms with van der Waals surface area (Å²) in [6, 6.07) is 22.1. The normalized spacial score (nSPS) is 28.5. The van der Waals surface area contributed by atoms with Crippen LogP contribution in [-0.4, -0.2) is 30.7 Å². The highest BCUT2D eigenvalue weighted by molar-refractivity contribution is 5.18. The van der Waals surface area contributed by atoms with Gasteiger partial charge in [0.2, 0.25) is 0 Å². The van der Waals surface area contributed by atoms with Crippen LogP contribution in [0.3, 0.4) is 0 Å². The van der Waals surface area contributed by atoms with Gasteiger partial charge in [-0.2, -0.15) is 0 Å². The van der Waals surface area contributed by atoms with Gasteiger partial charge in [0.1, 0.15) is 0 Å².